The van der Waals surface area contributed by atoms with Crippen LogP contribution in [0.2, 0.25) is 0 Å². The minimum Gasteiger partial charge on any atom is -0.493 e. The average Bonchev–Trinajstić information content (AvgIpc) is 2.76. The van der Waals surface area contributed by atoms with Crippen LogP contribution < -0.4 is 14.8 Å². The highest BCUT2D eigenvalue weighted by Gasteiger charge is 2.57. The number of carbonyl (C=O) groups is 3. The van der Waals surface area contributed by atoms with Crippen molar-refractivity contribution >= 4 is 17.5 Å². The Morgan fingerprint density at radius 3 is 2.28 bits per heavy atom. The van der Waals surface area contributed by atoms with Gasteiger partial charge in [-0.25, -0.2) is 0 Å². The standard InChI is InChI=1S/C26H35NO5/c1-15-18-11-17(25(18,2)3)12-19(15)27-24(30)14-26(22(28)7-6-8-23(26)29)16-9-10-20(31-4)21(13-16)32-5/h9-10,13,15,17-19H,6-8,11-12,14H2,1-5H3,(H,27,30)/t15-,17+,18-,19-/m1/s1. The molecule has 32 heavy (non-hydrogen) atoms. The van der Waals surface area contributed by atoms with E-state index in [1.165, 1.54) is 20.6 Å². The van der Waals surface area contributed by atoms with Gasteiger partial charge < -0.3 is 14.8 Å². The zero-order chi connectivity index (χ0) is 23.3. The van der Waals surface area contributed by atoms with Crippen LogP contribution in [-0.2, 0) is 19.8 Å². The van der Waals surface area contributed by atoms with Gasteiger partial charge in [-0.15, -0.1) is 0 Å². The summed E-state index contributed by atoms with van der Waals surface area (Å²) in [4.78, 5) is 39.8. The van der Waals surface area contributed by atoms with Crippen LogP contribution in [-0.4, -0.2) is 37.7 Å². The van der Waals surface area contributed by atoms with E-state index in [0.29, 0.717) is 59.5 Å². The molecule has 174 valence electrons. The van der Waals surface area contributed by atoms with Gasteiger partial charge in [0.05, 0.1) is 20.6 Å². The fraction of sp³-hybridized carbons (Fsp3) is 0.654. The molecule has 1 aromatic rings. The highest BCUT2D eigenvalue weighted by molar-refractivity contribution is 6.16. The Labute approximate surface area is 190 Å². The largest absolute Gasteiger partial charge is 0.493 e. The number of Topliss-reactive ketones (excluding diaryl/α,β-unsaturated/α-hetero) is 2. The van der Waals surface area contributed by atoms with Crippen LogP contribution in [0.4, 0.5) is 0 Å². The minimum atomic E-state index is -1.46. The summed E-state index contributed by atoms with van der Waals surface area (Å²) in [5.74, 6) is 1.97. The number of carbonyl (C=O) groups excluding carboxylic acids is 3. The maximum atomic E-state index is 13.3. The maximum Gasteiger partial charge on any atom is 0.222 e. The van der Waals surface area contributed by atoms with Crippen molar-refractivity contribution < 1.29 is 23.9 Å². The summed E-state index contributed by atoms with van der Waals surface area (Å²) in [6.45, 7) is 6.87. The number of hydrogen-bond donors (Lipinski definition) is 1. The topological polar surface area (TPSA) is 81.7 Å². The number of rotatable bonds is 6. The Hall–Kier alpha value is -2.37. The van der Waals surface area contributed by atoms with E-state index in [1.54, 1.807) is 18.2 Å². The molecule has 0 saturated heterocycles. The molecule has 5 rings (SSSR count). The van der Waals surface area contributed by atoms with Crippen LogP contribution in [0.15, 0.2) is 18.2 Å². The van der Waals surface area contributed by atoms with Crippen molar-refractivity contribution in [1.82, 2.24) is 5.32 Å². The van der Waals surface area contributed by atoms with Crippen molar-refractivity contribution in [3.05, 3.63) is 23.8 Å². The molecule has 6 nitrogen and oxygen atoms in total. The normalized spacial score (nSPS) is 30.3. The molecular formula is C26H35NO5. The van der Waals surface area contributed by atoms with Crippen molar-refractivity contribution in [2.75, 3.05) is 14.2 Å². The first-order valence-corrected chi connectivity index (χ1v) is 11.7. The zero-order valence-corrected chi connectivity index (χ0v) is 19.8. The Bertz CT molecular complexity index is 920. The molecule has 0 heterocycles. The van der Waals surface area contributed by atoms with Gasteiger partial charge in [-0.2, -0.15) is 0 Å². The monoisotopic (exact) mass is 441 g/mol. The molecule has 0 radical (unpaired) electrons. The third kappa shape index (κ3) is 3.43. The fourth-order valence-electron chi connectivity index (χ4n) is 6.55. The Morgan fingerprint density at radius 2 is 1.72 bits per heavy atom. The van der Waals surface area contributed by atoms with Gasteiger partial charge in [-0.1, -0.05) is 26.8 Å². The lowest BCUT2D eigenvalue weighted by Gasteiger charge is -2.62. The predicted molar refractivity (Wildman–Crippen MR) is 121 cm³/mol. The molecule has 2 bridgehead atoms. The molecule has 1 aromatic carbocycles. The van der Waals surface area contributed by atoms with Crippen molar-refractivity contribution in [2.45, 2.75) is 70.8 Å². The average molecular weight is 442 g/mol. The van der Waals surface area contributed by atoms with Gasteiger partial charge in [0, 0.05) is 18.9 Å². The minimum absolute atomic E-state index is 0.0931. The molecule has 6 heteroatoms. The second kappa shape index (κ2) is 8.20. The molecule has 4 aliphatic rings. The number of ketones is 2. The van der Waals surface area contributed by atoms with Crippen molar-refractivity contribution in [3.63, 3.8) is 0 Å². The van der Waals surface area contributed by atoms with Gasteiger partial charge in [-0.05, 0) is 60.1 Å². The van der Waals surface area contributed by atoms with Crippen LogP contribution >= 0.6 is 0 Å². The third-order valence-corrected chi connectivity index (χ3v) is 8.76. The SMILES string of the molecule is COc1ccc(C2(CC(=O)N[C@@H]3C[C@@H]4C[C@H]([C@H]3C)C4(C)C)C(=O)CCCC2=O)cc1OC. The van der Waals surface area contributed by atoms with Crippen molar-refractivity contribution in [1.29, 1.82) is 0 Å². The van der Waals surface area contributed by atoms with E-state index in [0.717, 1.165) is 6.42 Å². The molecule has 0 aliphatic heterocycles. The Balaban J connectivity index is 1.60. The smallest absolute Gasteiger partial charge is 0.222 e. The summed E-state index contributed by atoms with van der Waals surface area (Å²) >= 11 is 0. The number of nitrogens with one attached hydrogen (secondary N) is 1. The zero-order valence-electron chi connectivity index (χ0n) is 19.8. The molecular weight excluding hydrogens is 406 g/mol. The van der Waals surface area contributed by atoms with Gasteiger partial charge in [-0.3, -0.25) is 14.4 Å². The molecule has 0 unspecified atom stereocenters. The number of ether oxygens (including phenoxy) is 2. The molecule has 0 aromatic heterocycles. The van der Waals surface area contributed by atoms with E-state index in [4.69, 9.17) is 9.47 Å². The van der Waals surface area contributed by atoms with Gasteiger partial charge >= 0.3 is 0 Å². The summed E-state index contributed by atoms with van der Waals surface area (Å²) in [6.07, 6.45) is 3.17. The van der Waals surface area contributed by atoms with E-state index in [9.17, 15) is 14.4 Å². The molecule has 4 fully saturated rings. The molecule has 4 saturated carbocycles. The molecule has 4 aliphatic carbocycles. The highest BCUT2D eigenvalue weighted by atomic mass is 16.5. The third-order valence-electron chi connectivity index (χ3n) is 8.76. The molecule has 4 atom stereocenters. The van der Waals surface area contributed by atoms with Gasteiger partial charge in [0.15, 0.2) is 23.1 Å². The second-order valence-corrected chi connectivity index (χ2v) is 10.5. The van der Waals surface area contributed by atoms with Crippen LogP contribution in [0.1, 0.15) is 64.9 Å². The lowest BCUT2D eigenvalue weighted by Crippen LogP contribution is -2.61. The van der Waals surface area contributed by atoms with E-state index < -0.39 is 5.41 Å². The summed E-state index contributed by atoms with van der Waals surface area (Å²) in [6, 6.07) is 5.18. The number of amides is 1. The van der Waals surface area contributed by atoms with E-state index in [2.05, 4.69) is 26.1 Å². The van der Waals surface area contributed by atoms with E-state index >= 15 is 0 Å². The first-order valence-electron chi connectivity index (χ1n) is 11.7. The first-order chi connectivity index (χ1) is 15.1. The van der Waals surface area contributed by atoms with Crippen LogP contribution in [0.25, 0.3) is 0 Å². The fourth-order valence-corrected chi connectivity index (χ4v) is 6.55. The van der Waals surface area contributed by atoms with Gasteiger partial charge in [0.25, 0.3) is 0 Å². The predicted octanol–water partition coefficient (Wildman–Crippen LogP) is 3.84. The summed E-state index contributed by atoms with van der Waals surface area (Å²) in [5, 5.41) is 3.20. The lowest BCUT2D eigenvalue weighted by molar-refractivity contribution is -0.144. The number of hydrogen-bond acceptors (Lipinski definition) is 5. The number of benzene rings is 1. The van der Waals surface area contributed by atoms with Crippen LogP contribution in [0.5, 0.6) is 11.5 Å². The molecule has 0 spiro atoms. The summed E-state index contributed by atoms with van der Waals surface area (Å²) < 4.78 is 10.7. The second-order valence-electron chi connectivity index (χ2n) is 10.5. The summed E-state index contributed by atoms with van der Waals surface area (Å²) in [5.41, 5.74) is -0.612. The van der Waals surface area contributed by atoms with Gasteiger partial charge in [0.2, 0.25) is 5.91 Å². The lowest BCUT2D eigenvalue weighted by atomic mass is 9.45. The first kappa shape index (κ1) is 22.8. The Morgan fingerprint density at radius 1 is 1.06 bits per heavy atom. The van der Waals surface area contributed by atoms with E-state index in [1.807, 2.05) is 0 Å². The highest BCUT2D eigenvalue weighted by Crippen LogP contribution is 2.61. The summed E-state index contributed by atoms with van der Waals surface area (Å²) in [7, 11) is 3.05. The van der Waals surface area contributed by atoms with Gasteiger partial charge in [0.1, 0.15) is 5.41 Å². The van der Waals surface area contributed by atoms with Crippen molar-refractivity contribution in [2.24, 2.45) is 23.2 Å². The number of fused-ring (bicyclic) bond motifs is 2. The van der Waals surface area contributed by atoms with E-state index in [-0.39, 0.29) is 29.9 Å². The van der Waals surface area contributed by atoms with Crippen LogP contribution in [0, 0.1) is 23.2 Å². The Kier molecular flexibility index (Phi) is 5.84. The van der Waals surface area contributed by atoms with Crippen molar-refractivity contribution in [3.8, 4) is 11.5 Å². The molecule has 1 amide bonds. The molecule has 1 N–H and O–H groups in total. The maximum absolute atomic E-state index is 13.3. The number of methoxy groups -OCH3 is 2. The van der Waals surface area contributed by atoms with Crippen LogP contribution in [0.3, 0.4) is 0 Å². The quantitative estimate of drug-likeness (QED) is 0.679.